The van der Waals surface area contributed by atoms with Gasteiger partial charge in [0, 0.05) is 5.41 Å². The van der Waals surface area contributed by atoms with E-state index in [1.807, 2.05) is 0 Å². The van der Waals surface area contributed by atoms with Crippen LogP contribution in [-0.4, -0.2) is 3.23 Å². The fraction of sp³-hybridized carbons (Fsp3) is 0.455. The van der Waals surface area contributed by atoms with Gasteiger partial charge in [-0.3, -0.25) is 0 Å². The van der Waals surface area contributed by atoms with E-state index in [-0.39, 0.29) is 8.65 Å². The van der Waals surface area contributed by atoms with Crippen molar-refractivity contribution in [3.05, 3.63) is 35.9 Å². The van der Waals surface area contributed by atoms with Gasteiger partial charge in [0.05, 0.1) is 3.23 Å². The second kappa shape index (κ2) is 2.83. The van der Waals surface area contributed by atoms with E-state index in [9.17, 15) is 0 Å². The van der Waals surface area contributed by atoms with Crippen LogP contribution in [0, 0.1) is 5.92 Å². The molecule has 0 nitrogen and oxygen atoms in total. The van der Waals surface area contributed by atoms with Gasteiger partial charge in [-0.15, -0.1) is 0 Å². The number of alkyl halides is 2. The van der Waals surface area contributed by atoms with Gasteiger partial charge in [-0.1, -0.05) is 76.0 Å². The smallest absolute Gasteiger partial charge is 0.0714 e. The minimum absolute atomic E-state index is 0.0916. The molecule has 1 aromatic rings. The van der Waals surface area contributed by atoms with Crippen LogP contribution in [0.3, 0.4) is 0 Å². The first-order chi connectivity index (χ1) is 6.01. The molecule has 0 spiro atoms. The van der Waals surface area contributed by atoms with Crippen molar-refractivity contribution in [2.75, 3.05) is 0 Å². The zero-order chi connectivity index (χ0) is 9.69. The maximum absolute atomic E-state index is 3.73. The van der Waals surface area contributed by atoms with E-state index in [1.54, 1.807) is 0 Å². The Bertz CT molecular complexity index is 318. The molecule has 2 atom stereocenters. The summed E-state index contributed by atoms with van der Waals surface area (Å²) in [5.41, 5.74) is 1.63. The van der Waals surface area contributed by atoms with Crippen LogP contribution in [0.15, 0.2) is 30.3 Å². The fourth-order valence-electron chi connectivity index (χ4n) is 1.96. The van der Waals surface area contributed by atoms with Crippen molar-refractivity contribution in [2.45, 2.75) is 22.5 Å². The number of hydrogen-bond donors (Lipinski definition) is 0. The Kier molecular flexibility index (Phi) is 2.12. The fourth-order valence-corrected chi connectivity index (χ4v) is 3.79. The summed E-state index contributed by atoms with van der Waals surface area (Å²) in [7, 11) is 0. The Morgan fingerprint density at radius 1 is 1.15 bits per heavy atom. The molecule has 0 amide bonds. The molecule has 1 fully saturated rings. The van der Waals surface area contributed by atoms with E-state index in [1.165, 1.54) is 5.56 Å². The second-order valence-electron chi connectivity index (χ2n) is 3.91. The Morgan fingerprint density at radius 3 is 2.00 bits per heavy atom. The van der Waals surface area contributed by atoms with Crippen molar-refractivity contribution < 1.29 is 0 Å². The highest BCUT2D eigenvalue weighted by Crippen LogP contribution is 2.71. The second-order valence-corrected chi connectivity index (χ2v) is 7.48. The third kappa shape index (κ3) is 1.15. The summed E-state index contributed by atoms with van der Waals surface area (Å²) in [6.45, 7) is 4.55. The lowest BCUT2D eigenvalue weighted by Crippen LogP contribution is -2.08. The van der Waals surface area contributed by atoms with E-state index >= 15 is 0 Å². The molecule has 0 aliphatic heterocycles. The van der Waals surface area contributed by atoms with Gasteiger partial charge in [0.1, 0.15) is 0 Å². The lowest BCUT2D eigenvalue weighted by Gasteiger charge is -2.12. The summed E-state index contributed by atoms with van der Waals surface area (Å²) in [6, 6.07) is 10.6. The first kappa shape index (κ1) is 9.72. The van der Waals surface area contributed by atoms with Crippen molar-refractivity contribution in [2.24, 2.45) is 5.92 Å². The van der Waals surface area contributed by atoms with E-state index in [2.05, 4.69) is 76.0 Å². The van der Waals surface area contributed by atoms with Crippen LogP contribution in [-0.2, 0) is 5.41 Å². The molecule has 0 heterocycles. The van der Waals surface area contributed by atoms with Crippen molar-refractivity contribution in [1.82, 2.24) is 0 Å². The SMILES string of the molecule is C[C@@H]1C(Br)(Br)[C@@]1(C)c1ccccc1. The van der Waals surface area contributed by atoms with Crippen molar-refractivity contribution in [1.29, 1.82) is 0 Å². The molecule has 1 saturated carbocycles. The van der Waals surface area contributed by atoms with Crippen LogP contribution in [0.5, 0.6) is 0 Å². The molecule has 0 bridgehead atoms. The Labute approximate surface area is 96.0 Å². The number of rotatable bonds is 1. The lowest BCUT2D eigenvalue weighted by molar-refractivity contribution is 0.702. The molecule has 0 unspecified atom stereocenters. The molecule has 1 aliphatic rings. The molecular formula is C11H12Br2. The summed E-state index contributed by atoms with van der Waals surface area (Å²) in [5.74, 6) is 0.627. The first-order valence-corrected chi connectivity index (χ1v) is 6.03. The lowest BCUT2D eigenvalue weighted by atomic mass is 9.96. The third-order valence-electron chi connectivity index (χ3n) is 3.39. The summed E-state index contributed by atoms with van der Waals surface area (Å²) >= 11 is 7.46. The minimum Gasteiger partial charge on any atom is -0.0714 e. The van der Waals surface area contributed by atoms with Crippen LogP contribution < -0.4 is 0 Å². The average Bonchev–Trinajstić information content (AvgIpc) is 2.53. The van der Waals surface area contributed by atoms with Crippen LogP contribution >= 0.6 is 31.9 Å². The Morgan fingerprint density at radius 2 is 1.62 bits per heavy atom. The summed E-state index contributed by atoms with van der Waals surface area (Å²) in [5, 5.41) is 0. The average molecular weight is 304 g/mol. The van der Waals surface area contributed by atoms with Crippen LogP contribution in [0.25, 0.3) is 0 Å². The van der Waals surface area contributed by atoms with Crippen molar-refractivity contribution >= 4 is 31.9 Å². The van der Waals surface area contributed by atoms with Gasteiger partial charge in [0.15, 0.2) is 0 Å². The highest BCUT2D eigenvalue weighted by Gasteiger charge is 2.69. The van der Waals surface area contributed by atoms with Gasteiger partial charge in [0.2, 0.25) is 0 Å². The highest BCUT2D eigenvalue weighted by molar-refractivity contribution is 9.25. The molecule has 0 saturated heterocycles. The van der Waals surface area contributed by atoms with Gasteiger partial charge in [-0.25, -0.2) is 0 Å². The molecular weight excluding hydrogens is 292 g/mol. The zero-order valence-electron chi connectivity index (χ0n) is 7.72. The van der Waals surface area contributed by atoms with Crippen molar-refractivity contribution in [3.8, 4) is 0 Å². The van der Waals surface area contributed by atoms with E-state index in [0.717, 1.165) is 0 Å². The molecule has 0 radical (unpaired) electrons. The largest absolute Gasteiger partial charge is 0.0936 e. The quantitative estimate of drug-likeness (QED) is 0.686. The van der Waals surface area contributed by atoms with Crippen LogP contribution in [0.1, 0.15) is 19.4 Å². The van der Waals surface area contributed by atoms with Gasteiger partial charge in [0.25, 0.3) is 0 Å². The maximum Gasteiger partial charge on any atom is 0.0936 e. The van der Waals surface area contributed by atoms with Gasteiger partial charge < -0.3 is 0 Å². The topological polar surface area (TPSA) is 0 Å². The molecule has 1 aromatic carbocycles. The molecule has 1 aliphatic carbocycles. The molecule has 0 aromatic heterocycles. The molecule has 70 valence electrons. The van der Waals surface area contributed by atoms with Crippen molar-refractivity contribution in [3.63, 3.8) is 0 Å². The van der Waals surface area contributed by atoms with E-state index in [4.69, 9.17) is 0 Å². The highest BCUT2D eigenvalue weighted by atomic mass is 79.9. The standard InChI is InChI=1S/C11H12Br2/c1-8-10(2,11(8,12)13)9-6-4-3-5-7-9/h3-8H,1-2H3/t8-,10+/m0/s1. The maximum atomic E-state index is 3.73. The summed E-state index contributed by atoms with van der Waals surface area (Å²) in [4.78, 5) is 0. The van der Waals surface area contributed by atoms with Crippen LogP contribution in [0.2, 0.25) is 0 Å². The monoisotopic (exact) mass is 302 g/mol. The number of benzene rings is 1. The Balaban J connectivity index is 2.40. The third-order valence-corrected chi connectivity index (χ3v) is 6.41. The first-order valence-electron chi connectivity index (χ1n) is 4.44. The summed E-state index contributed by atoms with van der Waals surface area (Å²) < 4.78 is 0.0916. The van der Waals surface area contributed by atoms with Gasteiger partial charge >= 0.3 is 0 Å². The Hall–Kier alpha value is 0.180. The predicted octanol–water partition coefficient (Wildman–Crippen LogP) is 4.08. The summed E-state index contributed by atoms with van der Waals surface area (Å²) in [6.07, 6.45) is 0. The molecule has 2 heteroatoms. The minimum atomic E-state index is 0.0916. The normalized spacial score (nSPS) is 35.8. The molecule has 13 heavy (non-hydrogen) atoms. The number of halogens is 2. The van der Waals surface area contributed by atoms with Gasteiger partial charge in [-0.05, 0) is 11.5 Å². The zero-order valence-corrected chi connectivity index (χ0v) is 10.9. The van der Waals surface area contributed by atoms with Crippen LogP contribution in [0.4, 0.5) is 0 Å². The predicted molar refractivity (Wildman–Crippen MR) is 63.5 cm³/mol. The van der Waals surface area contributed by atoms with E-state index < -0.39 is 0 Å². The number of hydrogen-bond acceptors (Lipinski definition) is 0. The molecule has 0 N–H and O–H groups in total. The van der Waals surface area contributed by atoms with Gasteiger partial charge in [-0.2, -0.15) is 0 Å². The molecule has 2 rings (SSSR count). The van der Waals surface area contributed by atoms with E-state index in [0.29, 0.717) is 5.92 Å².